The van der Waals surface area contributed by atoms with Gasteiger partial charge in [0.2, 0.25) is 5.89 Å². The first-order valence-corrected chi connectivity index (χ1v) is 7.54. The van der Waals surface area contributed by atoms with E-state index in [0.29, 0.717) is 11.9 Å². The standard InChI is InChI=1S/C15H23N5O/c1-11-16-7-9-19(11)10-12-6-5-8-20(12)14-17-13(21-18-14)15(2,3)4/h7,9,12H,5-6,8,10H2,1-4H3/t12-/m0/s1. The van der Waals surface area contributed by atoms with Crippen LogP contribution in [0.25, 0.3) is 0 Å². The summed E-state index contributed by atoms with van der Waals surface area (Å²) in [5.74, 6) is 2.47. The van der Waals surface area contributed by atoms with Gasteiger partial charge in [0, 0.05) is 36.9 Å². The van der Waals surface area contributed by atoms with Crippen LogP contribution in [0.3, 0.4) is 0 Å². The molecule has 0 N–H and O–H groups in total. The van der Waals surface area contributed by atoms with Crippen LogP contribution in [0.4, 0.5) is 5.95 Å². The van der Waals surface area contributed by atoms with Crippen molar-refractivity contribution in [2.24, 2.45) is 0 Å². The highest BCUT2D eigenvalue weighted by Gasteiger charge is 2.30. The lowest BCUT2D eigenvalue weighted by Gasteiger charge is -2.23. The molecule has 1 atom stereocenters. The number of anilines is 1. The SMILES string of the molecule is Cc1nccn1C[C@@H]1CCCN1c1noc(C(C)(C)C)n1. The van der Waals surface area contributed by atoms with Gasteiger partial charge in [0.25, 0.3) is 5.95 Å². The van der Waals surface area contributed by atoms with Crippen molar-refractivity contribution in [2.75, 3.05) is 11.4 Å². The number of hydrogen-bond acceptors (Lipinski definition) is 5. The Balaban J connectivity index is 1.78. The maximum Gasteiger partial charge on any atom is 0.266 e. The van der Waals surface area contributed by atoms with Gasteiger partial charge in [0.05, 0.1) is 0 Å². The molecule has 0 spiro atoms. The quantitative estimate of drug-likeness (QED) is 0.869. The molecule has 6 heteroatoms. The van der Waals surface area contributed by atoms with Crippen LogP contribution in [0.2, 0.25) is 0 Å². The molecule has 0 radical (unpaired) electrons. The van der Waals surface area contributed by atoms with Gasteiger partial charge in [-0.05, 0) is 24.9 Å². The predicted molar refractivity (Wildman–Crippen MR) is 80.3 cm³/mol. The Hall–Kier alpha value is -1.85. The van der Waals surface area contributed by atoms with Gasteiger partial charge < -0.3 is 14.0 Å². The highest BCUT2D eigenvalue weighted by molar-refractivity contribution is 5.32. The van der Waals surface area contributed by atoms with Gasteiger partial charge in [0.15, 0.2) is 0 Å². The van der Waals surface area contributed by atoms with Crippen molar-refractivity contribution in [3.63, 3.8) is 0 Å². The summed E-state index contributed by atoms with van der Waals surface area (Å²) >= 11 is 0. The molecule has 0 unspecified atom stereocenters. The summed E-state index contributed by atoms with van der Waals surface area (Å²) < 4.78 is 7.62. The van der Waals surface area contributed by atoms with E-state index in [-0.39, 0.29) is 5.41 Å². The Bertz CT molecular complexity index is 610. The second kappa shape index (κ2) is 5.16. The lowest BCUT2D eigenvalue weighted by atomic mass is 9.97. The molecule has 1 fully saturated rings. The van der Waals surface area contributed by atoms with Gasteiger partial charge in [-0.3, -0.25) is 0 Å². The number of rotatable bonds is 3. The van der Waals surface area contributed by atoms with Gasteiger partial charge in [0.1, 0.15) is 5.82 Å². The zero-order chi connectivity index (χ0) is 15.0. The molecular weight excluding hydrogens is 266 g/mol. The predicted octanol–water partition coefficient (Wildman–Crippen LogP) is 2.54. The fourth-order valence-electron chi connectivity index (χ4n) is 2.75. The normalized spacial score (nSPS) is 19.4. The van der Waals surface area contributed by atoms with Crippen LogP contribution in [0.5, 0.6) is 0 Å². The minimum Gasteiger partial charge on any atom is -0.337 e. The Kier molecular flexibility index (Phi) is 3.47. The highest BCUT2D eigenvalue weighted by Crippen LogP contribution is 2.27. The lowest BCUT2D eigenvalue weighted by molar-refractivity contribution is 0.320. The van der Waals surface area contributed by atoms with Crippen LogP contribution in [-0.2, 0) is 12.0 Å². The third kappa shape index (κ3) is 2.80. The maximum absolute atomic E-state index is 5.43. The van der Waals surface area contributed by atoms with Gasteiger partial charge >= 0.3 is 0 Å². The van der Waals surface area contributed by atoms with E-state index in [1.54, 1.807) is 0 Å². The van der Waals surface area contributed by atoms with E-state index in [1.807, 2.05) is 19.3 Å². The number of hydrogen-bond donors (Lipinski definition) is 0. The number of aromatic nitrogens is 4. The van der Waals surface area contributed by atoms with Crippen molar-refractivity contribution in [1.29, 1.82) is 0 Å². The second-order valence-corrected chi connectivity index (χ2v) is 6.77. The van der Waals surface area contributed by atoms with Crippen LogP contribution in [0.1, 0.15) is 45.3 Å². The molecule has 2 aromatic heterocycles. The fourth-order valence-corrected chi connectivity index (χ4v) is 2.75. The summed E-state index contributed by atoms with van der Waals surface area (Å²) in [5.41, 5.74) is -0.110. The number of aryl methyl sites for hydroxylation is 1. The van der Waals surface area contributed by atoms with Crippen LogP contribution in [-0.4, -0.2) is 32.3 Å². The monoisotopic (exact) mass is 289 g/mol. The number of nitrogens with zero attached hydrogens (tertiary/aromatic N) is 5. The summed E-state index contributed by atoms with van der Waals surface area (Å²) in [5, 5.41) is 4.18. The first-order valence-electron chi connectivity index (χ1n) is 7.54. The summed E-state index contributed by atoms with van der Waals surface area (Å²) in [4.78, 5) is 11.1. The Morgan fingerprint density at radius 1 is 1.38 bits per heavy atom. The Labute approximate surface area is 125 Å². The van der Waals surface area contributed by atoms with Gasteiger partial charge in [-0.15, -0.1) is 0 Å². The van der Waals surface area contributed by atoms with Crippen LogP contribution < -0.4 is 4.90 Å². The molecule has 0 amide bonds. The van der Waals surface area contributed by atoms with E-state index in [1.165, 1.54) is 0 Å². The van der Waals surface area contributed by atoms with Crippen LogP contribution >= 0.6 is 0 Å². The van der Waals surface area contributed by atoms with E-state index < -0.39 is 0 Å². The van der Waals surface area contributed by atoms with Crippen molar-refractivity contribution in [3.05, 3.63) is 24.1 Å². The van der Waals surface area contributed by atoms with Gasteiger partial charge in [-0.25, -0.2) is 4.98 Å². The lowest BCUT2D eigenvalue weighted by Crippen LogP contribution is -2.34. The zero-order valence-corrected chi connectivity index (χ0v) is 13.2. The van der Waals surface area contributed by atoms with Gasteiger partial charge in [-0.1, -0.05) is 20.8 Å². The molecule has 0 aromatic carbocycles. The van der Waals surface area contributed by atoms with E-state index in [4.69, 9.17) is 4.52 Å². The minimum atomic E-state index is -0.110. The van der Waals surface area contributed by atoms with Crippen molar-refractivity contribution in [2.45, 2.75) is 58.5 Å². The van der Waals surface area contributed by atoms with Crippen LogP contribution in [0, 0.1) is 6.92 Å². The average Bonchev–Trinajstić information content (AvgIpc) is 3.10. The molecule has 1 saturated heterocycles. The van der Waals surface area contributed by atoms with E-state index in [2.05, 4.69) is 45.4 Å². The first kappa shape index (κ1) is 14.1. The number of imidazole rings is 1. The summed E-state index contributed by atoms with van der Waals surface area (Å²) in [6.07, 6.45) is 6.19. The fraction of sp³-hybridized carbons (Fsp3) is 0.667. The molecule has 0 bridgehead atoms. The van der Waals surface area contributed by atoms with Crippen molar-refractivity contribution >= 4 is 5.95 Å². The molecule has 1 aliphatic heterocycles. The molecule has 0 aliphatic carbocycles. The van der Waals surface area contributed by atoms with E-state index >= 15 is 0 Å². The van der Waals surface area contributed by atoms with Crippen molar-refractivity contribution in [3.8, 4) is 0 Å². The third-order valence-electron chi connectivity index (χ3n) is 4.02. The zero-order valence-electron chi connectivity index (χ0n) is 13.2. The summed E-state index contributed by atoms with van der Waals surface area (Å²) in [7, 11) is 0. The van der Waals surface area contributed by atoms with E-state index in [0.717, 1.165) is 37.7 Å². The molecule has 3 heterocycles. The molecule has 21 heavy (non-hydrogen) atoms. The van der Waals surface area contributed by atoms with Crippen molar-refractivity contribution in [1.82, 2.24) is 19.7 Å². The van der Waals surface area contributed by atoms with Crippen LogP contribution in [0.15, 0.2) is 16.9 Å². The smallest absolute Gasteiger partial charge is 0.266 e. The molecular formula is C15H23N5O. The summed E-state index contributed by atoms with van der Waals surface area (Å²) in [6, 6.07) is 0.406. The molecule has 6 nitrogen and oxygen atoms in total. The third-order valence-corrected chi connectivity index (χ3v) is 4.02. The molecule has 2 aromatic rings. The highest BCUT2D eigenvalue weighted by atomic mass is 16.5. The maximum atomic E-state index is 5.43. The Morgan fingerprint density at radius 2 is 2.19 bits per heavy atom. The van der Waals surface area contributed by atoms with Gasteiger partial charge in [-0.2, -0.15) is 4.98 Å². The second-order valence-electron chi connectivity index (χ2n) is 6.77. The summed E-state index contributed by atoms with van der Waals surface area (Å²) in [6.45, 7) is 10.2. The molecule has 0 saturated carbocycles. The molecule has 1 aliphatic rings. The van der Waals surface area contributed by atoms with Crippen molar-refractivity contribution < 1.29 is 4.52 Å². The first-order chi connectivity index (χ1) is 9.95. The Morgan fingerprint density at radius 3 is 2.81 bits per heavy atom. The minimum absolute atomic E-state index is 0.110. The average molecular weight is 289 g/mol. The topological polar surface area (TPSA) is 60.0 Å². The molecule has 114 valence electrons. The van der Waals surface area contributed by atoms with E-state index in [9.17, 15) is 0 Å². The molecule has 3 rings (SSSR count). The largest absolute Gasteiger partial charge is 0.337 e.